The lowest BCUT2D eigenvalue weighted by Crippen LogP contribution is -1.98. The average molecular weight is 267 g/mol. The molecule has 3 rings (SSSR count). The number of hydrogen-bond donors (Lipinski definition) is 1. The Labute approximate surface area is 115 Å². The van der Waals surface area contributed by atoms with Crippen LogP contribution in [0.25, 0.3) is 10.2 Å². The van der Waals surface area contributed by atoms with E-state index in [1.807, 2.05) is 55.5 Å². The first-order chi connectivity index (χ1) is 9.33. The number of anilines is 1. The summed E-state index contributed by atoms with van der Waals surface area (Å²) in [5, 5.41) is 5.19. The van der Waals surface area contributed by atoms with E-state index in [1.165, 1.54) is 0 Å². The van der Waals surface area contributed by atoms with Crippen molar-refractivity contribution in [2.45, 2.75) is 6.92 Å². The van der Waals surface area contributed by atoms with Crippen molar-refractivity contribution >= 4 is 32.4 Å². The van der Waals surface area contributed by atoms with Crippen molar-refractivity contribution in [2.75, 3.05) is 5.43 Å². The predicted molar refractivity (Wildman–Crippen MR) is 81.9 cm³/mol. The molecule has 0 aliphatic carbocycles. The molecule has 4 heteroatoms. The van der Waals surface area contributed by atoms with Crippen LogP contribution in [-0.2, 0) is 0 Å². The second kappa shape index (κ2) is 5.20. The van der Waals surface area contributed by atoms with Gasteiger partial charge in [0.2, 0.25) is 5.13 Å². The number of para-hydroxylation sites is 1. The number of fused-ring (bicyclic) bond motifs is 1. The maximum absolute atomic E-state index is 4.48. The molecule has 0 saturated carbocycles. The molecule has 19 heavy (non-hydrogen) atoms. The van der Waals surface area contributed by atoms with Crippen LogP contribution in [0, 0.1) is 0 Å². The Morgan fingerprint density at radius 1 is 1.05 bits per heavy atom. The molecule has 0 saturated heterocycles. The molecule has 0 radical (unpaired) electrons. The number of rotatable bonds is 3. The third-order valence-corrected chi connectivity index (χ3v) is 3.75. The highest BCUT2D eigenvalue weighted by Gasteiger charge is 2.02. The third-order valence-electron chi connectivity index (χ3n) is 2.80. The van der Waals surface area contributed by atoms with Gasteiger partial charge in [-0.15, -0.1) is 0 Å². The Kier molecular flexibility index (Phi) is 3.25. The van der Waals surface area contributed by atoms with E-state index < -0.39 is 0 Å². The molecule has 2 aromatic carbocycles. The Hall–Kier alpha value is -2.20. The number of hydrogen-bond acceptors (Lipinski definition) is 4. The van der Waals surface area contributed by atoms with Crippen molar-refractivity contribution in [2.24, 2.45) is 5.10 Å². The van der Waals surface area contributed by atoms with Gasteiger partial charge in [-0.1, -0.05) is 53.8 Å². The second-order valence-electron chi connectivity index (χ2n) is 4.16. The molecule has 1 aromatic heterocycles. The van der Waals surface area contributed by atoms with E-state index in [0.717, 1.165) is 26.6 Å². The molecular weight excluding hydrogens is 254 g/mol. The highest BCUT2D eigenvalue weighted by Crippen LogP contribution is 2.25. The number of thiazole rings is 1. The summed E-state index contributed by atoms with van der Waals surface area (Å²) in [7, 11) is 0. The van der Waals surface area contributed by atoms with Crippen molar-refractivity contribution in [1.82, 2.24) is 4.98 Å². The Morgan fingerprint density at radius 2 is 1.79 bits per heavy atom. The quantitative estimate of drug-likeness (QED) is 0.572. The molecule has 0 aliphatic rings. The molecule has 0 fully saturated rings. The van der Waals surface area contributed by atoms with Crippen LogP contribution in [0.15, 0.2) is 59.7 Å². The zero-order valence-electron chi connectivity index (χ0n) is 10.5. The van der Waals surface area contributed by atoms with E-state index in [4.69, 9.17) is 0 Å². The van der Waals surface area contributed by atoms with Gasteiger partial charge in [-0.2, -0.15) is 5.10 Å². The first-order valence-corrected chi connectivity index (χ1v) is 6.86. The fraction of sp³-hybridized carbons (Fsp3) is 0.0667. The minimum absolute atomic E-state index is 0.816. The van der Waals surface area contributed by atoms with Crippen LogP contribution in [0.3, 0.4) is 0 Å². The number of aromatic nitrogens is 1. The maximum Gasteiger partial charge on any atom is 0.204 e. The van der Waals surface area contributed by atoms with Gasteiger partial charge in [0.25, 0.3) is 0 Å². The minimum Gasteiger partial charge on any atom is -0.252 e. The second-order valence-corrected chi connectivity index (χ2v) is 5.19. The number of hydrazone groups is 1. The molecule has 0 aliphatic heterocycles. The van der Waals surface area contributed by atoms with Gasteiger partial charge in [-0.25, -0.2) is 4.98 Å². The fourth-order valence-corrected chi connectivity index (χ4v) is 2.60. The Morgan fingerprint density at radius 3 is 2.58 bits per heavy atom. The summed E-state index contributed by atoms with van der Waals surface area (Å²) < 4.78 is 1.16. The number of nitrogens with zero attached hydrogens (tertiary/aromatic N) is 2. The standard InChI is InChI=1S/C15H13N3S/c1-11(12-7-3-2-4-8-12)17-18-15-16-13-9-5-6-10-14(13)19-15/h2-10H,1H3,(H,16,18)/b17-11+. The van der Waals surface area contributed by atoms with E-state index >= 15 is 0 Å². The zero-order chi connectivity index (χ0) is 13.1. The molecule has 0 unspecified atom stereocenters. The van der Waals surface area contributed by atoms with Crippen LogP contribution in [0.2, 0.25) is 0 Å². The van der Waals surface area contributed by atoms with Gasteiger partial charge in [0.05, 0.1) is 15.9 Å². The molecule has 0 amide bonds. The van der Waals surface area contributed by atoms with Crippen molar-refractivity contribution < 1.29 is 0 Å². The van der Waals surface area contributed by atoms with Crippen LogP contribution in [-0.4, -0.2) is 10.7 Å². The molecule has 1 heterocycles. The average Bonchev–Trinajstić information content (AvgIpc) is 2.88. The predicted octanol–water partition coefficient (Wildman–Crippen LogP) is 4.13. The zero-order valence-corrected chi connectivity index (χ0v) is 11.3. The van der Waals surface area contributed by atoms with Gasteiger partial charge in [0, 0.05) is 0 Å². The molecule has 0 atom stereocenters. The molecule has 0 spiro atoms. The van der Waals surface area contributed by atoms with Gasteiger partial charge >= 0.3 is 0 Å². The highest BCUT2D eigenvalue weighted by molar-refractivity contribution is 7.22. The summed E-state index contributed by atoms with van der Waals surface area (Å²) in [6.45, 7) is 1.98. The topological polar surface area (TPSA) is 37.3 Å². The molecular formula is C15H13N3S. The number of nitrogens with one attached hydrogen (secondary N) is 1. The fourth-order valence-electron chi connectivity index (χ4n) is 1.80. The molecule has 3 nitrogen and oxygen atoms in total. The molecule has 0 bridgehead atoms. The minimum atomic E-state index is 0.816. The lowest BCUT2D eigenvalue weighted by molar-refractivity contribution is 1.29. The molecule has 3 aromatic rings. The molecule has 1 N–H and O–H groups in total. The normalized spacial score (nSPS) is 11.7. The van der Waals surface area contributed by atoms with E-state index in [1.54, 1.807) is 11.3 Å². The van der Waals surface area contributed by atoms with Gasteiger partial charge in [-0.3, -0.25) is 5.43 Å². The van der Waals surface area contributed by atoms with E-state index in [2.05, 4.69) is 21.6 Å². The first kappa shape index (κ1) is 11.9. The van der Waals surface area contributed by atoms with Gasteiger partial charge < -0.3 is 0 Å². The summed E-state index contributed by atoms with van der Waals surface area (Å²) in [4.78, 5) is 4.48. The maximum atomic E-state index is 4.48. The van der Waals surface area contributed by atoms with Crippen LogP contribution in [0.4, 0.5) is 5.13 Å². The summed E-state index contributed by atoms with van der Waals surface area (Å²) >= 11 is 1.61. The lowest BCUT2D eigenvalue weighted by Gasteiger charge is -2.00. The van der Waals surface area contributed by atoms with Crippen molar-refractivity contribution in [3.63, 3.8) is 0 Å². The van der Waals surface area contributed by atoms with Crippen LogP contribution in [0.1, 0.15) is 12.5 Å². The Bertz CT molecular complexity index is 683. The van der Waals surface area contributed by atoms with Gasteiger partial charge in [-0.05, 0) is 24.6 Å². The monoisotopic (exact) mass is 267 g/mol. The lowest BCUT2D eigenvalue weighted by atomic mass is 10.1. The largest absolute Gasteiger partial charge is 0.252 e. The van der Waals surface area contributed by atoms with Crippen molar-refractivity contribution in [3.05, 3.63) is 60.2 Å². The number of benzene rings is 2. The van der Waals surface area contributed by atoms with Crippen molar-refractivity contribution in [1.29, 1.82) is 0 Å². The molecule has 94 valence electrons. The Balaban J connectivity index is 1.82. The smallest absolute Gasteiger partial charge is 0.204 e. The van der Waals surface area contributed by atoms with Crippen LogP contribution >= 0.6 is 11.3 Å². The van der Waals surface area contributed by atoms with Gasteiger partial charge in [0.15, 0.2) is 0 Å². The summed E-state index contributed by atoms with van der Waals surface area (Å²) in [5.74, 6) is 0. The van der Waals surface area contributed by atoms with E-state index in [-0.39, 0.29) is 0 Å². The van der Waals surface area contributed by atoms with Crippen molar-refractivity contribution in [3.8, 4) is 0 Å². The third kappa shape index (κ3) is 2.63. The summed E-state index contributed by atoms with van der Waals surface area (Å²) in [6.07, 6.45) is 0. The highest BCUT2D eigenvalue weighted by atomic mass is 32.1. The van der Waals surface area contributed by atoms with Crippen LogP contribution < -0.4 is 5.43 Å². The summed E-state index contributed by atoms with van der Waals surface area (Å²) in [5.41, 5.74) is 6.08. The SMILES string of the molecule is C/C(=N\Nc1nc2ccccc2s1)c1ccccc1. The van der Waals surface area contributed by atoms with E-state index in [0.29, 0.717) is 0 Å². The first-order valence-electron chi connectivity index (χ1n) is 6.04. The van der Waals surface area contributed by atoms with Crippen LogP contribution in [0.5, 0.6) is 0 Å². The summed E-state index contributed by atoms with van der Waals surface area (Å²) in [6, 6.07) is 18.2. The van der Waals surface area contributed by atoms with E-state index in [9.17, 15) is 0 Å². The van der Waals surface area contributed by atoms with Gasteiger partial charge in [0.1, 0.15) is 0 Å².